The van der Waals surface area contributed by atoms with Crippen LogP contribution in [0.25, 0.3) is 0 Å². The zero-order valence-electron chi connectivity index (χ0n) is 8.36. The van der Waals surface area contributed by atoms with Gasteiger partial charge in [0.05, 0.1) is 10.8 Å². The number of nitrogens with zero attached hydrogens (tertiary/aromatic N) is 2. The van der Waals surface area contributed by atoms with Gasteiger partial charge in [-0.2, -0.15) is 5.26 Å². The number of hydrogen-bond donors (Lipinski definition) is 0. The van der Waals surface area contributed by atoms with Crippen LogP contribution >= 0.6 is 11.6 Å². The molecule has 0 saturated heterocycles. The number of nitro groups is 1. The first-order valence-corrected chi connectivity index (χ1v) is 4.83. The van der Waals surface area contributed by atoms with Crippen molar-refractivity contribution < 1.29 is 9.72 Å². The molecule has 0 fully saturated rings. The summed E-state index contributed by atoms with van der Waals surface area (Å²) in [5.74, 6) is -0.585. The Morgan fingerprint density at radius 1 is 1.62 bits per heavy atom. The van der Waals surface area contributed by atoms with E-state index in [1.165, 1.54) is 19.1 Å². The van der Waals surface area contributed by atoms with Gasteiger partial charge in [0.2, 0.25) is 0 Å². The number of nitriles is 1. The lowest BCUT2D eigenvalue weighted by molar-refractivity contribution is -0.385. The van der Waals surface area contributed by atoms with Gasteiger partial charge in [-0.05, 0) is 19.1 Å². The van der Waals surface area contributed by atoms with E-state index in [0.29, 0.717) is 0 Å². The summed E-state index contributed by atoms with van der Waals surface area (Å²) in [6.45, 7) is 1.48. The molecule has 0 bridgehead atoms. The normalized spacial score (nSPS) is 9.56. The van der Waals surface area contributed by atoms with Crippen LogP contribution in [0.5, 0.6) is 0 Å². The second kappa shape index (κ2) is 4.73. The molecule has 0 aliphatic carbocycles. The Morgan fingerprint density at radius 3 is 2.69 bits per heavy atom. The zero-order chi connectivity index (χ0) is 12.3. The number of alkyl halides is 1. The van der Waals surface area contributed by atoms with Crippen molar-refractivity contribution in [2.75, 3.05) is 5.88 Å². The number of carbonyl (C=O) groups is 1. The number of Topliss-reactive ketones (excluding diaryl/α,β-unsaturated/α-hetero) is 1. The Labute approximate surface area is 96.4 Å². The minimum Gasteiger partial charge on any atom is -0.293 e. The maximum absolute atomic E-state index is 11.3. The quantitative estimate of drug-likeness (QED) is 0.350. The minimum atomic E-state index is -0.636. The van der Waals surface area contributed by atoms with Crippen LogP contribution in [0.1, 0.15) is 21.5 Å². The zero-order valence-corrected chi connectivity index (χ0v) is 9.11. The Bertz CT molecular complexity index is 506. The fourth-order valence-electron chi connectivity index (χ4n) is 1.35. The highest BCUT2D eigenvalue weighted by Gasteiger charge is 2.20. The highest BCUT2D eigenvalue weighted by Crippen LogP contribution is 2.24. The molecule has 0 aromatic heterocycles. The van der Waals surface area contributed by atoms with E-state index in [-0.39, 0.29) is 34.0 Å². The van der Waals surface area contributed by atoms with Crippen LogP contribution in [0.3, 0.4) is 0 Å². The van der Waals surface area contributed by atoms with E-state index in [4.69, 9.17) is 16.9 Å². The van der Waals surface area contributed by atoms with E-state index in [9.17, 15) is 14.9 Å². The number of halogens is 1. The summed E-state index contributed by atoms with van der Waals surface area (Å²) >= 11 is 5.37. The Hall–Kier alpha value is -1.93. The molecule has 82 valence electrons. The molecule has 0 heterocycles. The maximum atomic E-state index is 11.3. The maximum Gasteiger partial charge on any atom is 0.289 e. The standard InChI is InChI=1S/C10H7ClN2O3/c1-6-2-7(9(14)4-11)3-8(5-12)10(6)13(15)16/h2-3H,4H2,1H3. The lowest BCUT2D eigenvalue weighted by Crippen LogP contribution is -2.04. The highest BCUT2D eigenvalue weighted by atomic mass is 35.5. The third-order valence-electron chi connectivity index (χ3n) is 2.05. The Balaban J connectivity index is 3.45. The van der Waals surface area contributed by atoms with Gasteiger partial charge in [-0.25, -0.2) is 0 Å². The van der Waals surface area contributed by atoms with Gasteiger partial charge in [-0.15, -0.1) is 11.6 Å². The fraction of sp³-hybridized carbons (Fsp3) is 0.200. The van der Waals surface area contributed by atoms with Crippen molar-refractivity contribution in [1.82, 2.24) is 0 Å². The van der Waals surface area contributed by atoms with E-state index in [0.717, 1.165) is 0 Å². The SMILES string of the molecule is Cc1cc(C(=O)CCl)cc(C#N)c1[N+](=O)[O-]. The molecular formula is C10H7ClN2O3. The van der Waals surface area contributed by atoms with Crippen molar-refractivity contribution in [1.29, 1.82) is 5.26 Å². The van der Waals surface area contributed by atoms with Crippen LogP contribution in [-0.4, -0.2) is 16.6 Å². The van der Waals surface area contributed by atoms with Crippen molar-refractivity contribution in [3.63, 3.8) is 0 Å². The molecule has 0 amide bonds. The van der Waals surface area contributed by atoms with Crippen LogP contribution in [0.4, 0.5) is 5.69 Å². The van der Waals surface area contributed by atoms with E-state index < -0.39 is 4.92 Å². The average molecular weight is 239 g/mol. The predicted octanol–water partition coefficient (Wildman–Crippen LogP) is 2.20. The molecule has 0 saturated carbocycles. The molecule has 0 aliphatic rings. The monoisotopic (exact) mass is 238 g/mol. The van der Waals surface area contributed by atoms with E-state index >= 15 is 0 Å². The third kappa shape index (κ3) is 2.18. The summed E-state index contributed by atoms with van der Waals surface area (Å²) in [5.41, 5.74) is 0.0965. The van der Waals surface area contributed by atoms with E-state index in [1.54, 1.807) is 6.07 Å². The Kier molecular flexibility index (Phi) is 3.59. The number of ketones is 1. The molecule has 0 atom stereocenters. The second-order valence-corrected chi connectivity index (χ2v) is 3.38. The number of benzene rings is 1. The predicted molar refractivity (Wildman–Crippen MR) is 57.6 cm³/mol. The first kappa shape index (κ1) is 12.1. The summed E-state index contributed by atoms with van der Waals surface area (Å²) in [6, 6.07) is 4.26. The number of rotatable bonds is 3. The topological polar surface area (TPSA) is 84.0 Å². The van der Waals surface area contributed by atoms with Gasteiger partial charge in [-0.1, -0.05) is 0 Å². The molecule has 0 aliphatic heterocycles. The van der Waals surface area contributed by atoms with Gasteiger partial charge < -0.3 is 0 Å². The van der Waals surface area contributed by atoms with Crippen molar-refractivity contribution in [3.05, 3.63) is 38.9 Å². The lowest BCUT2D eigenvalue weighted by atomic mass is 10.0. The van der Waals surface area contributed by atoms with Crippen molar-refractivity contribution >= 4 is 23.1 Å². The van der Waals surface area contributed by atoms with Gasteiger partial charge in [0.25, 0.3) is 5.69 Å². The number of hydrogen-bond acceptors (Lipinski definition) is 4. The van der Waals surface area contributed by atoms with Gasteiger partial charge >= 0.3 is 0 Å². The number of nitro benzene ring substituents is 1. The van der Waals surface area contributed by atoms with Crippen LogP contribution in [0, 0.1) is 28.4 Å². The summed E-state index contributed by atoms with van der Waals surface area (Å²) in [6.07, 6.45) is 0. The van der Waals surface area contributed by atoms with Crippen LogP contribution in [0.15, 0.2) is 12.1 Å². The van der Waals surface area contributed by atoms with Gasteiger partial charge in [-0.3, -0.25) is 14.9 Å². The number of aryl methyl sites for hydroxylation is 1. The summed E-state index contributed by atoms with van der Waals surface area (Å²) in [4.78, 5) is 21.4. The molecule has 0 unspecified atom stereocenters. The lowest BCUT2D eigenvalue weighted by Gasteiger charge is -2.02. The molecule has 1 aromatic rings. The van der Waals surface area contributed by atoms with Crippen LogP contribution in [0.2, 0.25) is 0 Å². The molecule has 0 N–H and O–H groups in total. The highest BCUT2D eigenvalue weighted by molar-refractivity contribution is 6.30. The first-order valence-electron chi connectivity index (χ1n) is 4.29. The van der Waals surface area contributed by atoms with E-state index in [1.807, 2.05) is 0 Å². The van der Waals surface area contributed by atoms with Crippen molar-refractivity contribution in [2.24, 2.45) is 0 Å². The van der Waals surface area contributed by atoms with Crippen molar-refractivity contribution in [2.45, 2.75) is 6.92 Å². The smallest absolute Gasteiger partial charge is 0.289 e. The first-order chi connectivity index (χ1) is 7.51. The third-order valence-corrected chi connectivity index (χ3v) is 2.29. The molecule has 1 aromatic carbocycles. The van der Waals surface area contributed by atoms with E-state index in [2.05, 4.69) is 0 Å². The van der Waals surface area contributed by atoms with Gasteiger partial charge in [0.15, 0.2) is 5.78 Å². The number of carbonyl (C=O) groups excluding carboxylic acids is 1. The van der Waals surface area contributed by atoms with Crippen LogP contribution in [-0.2, 0) is 0 Å². The minimum absolute atomic E-state index is 0.126. The van der Waals surface area contributed by atoms with Gasteiger partial charge in [0, 0.05) is 11.1 Å². The fourth-order valence-corrected chi connectivity index (χ4v) is 1.50. The molecule has 5 nitrogen and oxygen atoms in total. The van der Waals surface area contributed by atoms with Crippen molar-refractivity contribution in [3.8, 4) is 6.07 Å². The molecule has 1 rings (SSSR count). The molecular weight excluding hydrogens is 232 g/mol. The molecule has 0 radical (unpaired) electrons. The average Bonchev–Trinajstić information content (AvgIpc) is 2.26. The summed E-state index contributed by atoms with van der Waals surface area (Å²) in [5, 5.41) is 19.5. The Morgan fingerprint density at radius 2 is 2.25 bits per heavy atom. The second-order valence-electron chi connectivity index (χ2n) is 3.12. The molecule has 0 spiro atoms. The van der Waals surface area contributed by atoms with Crippen LogP contribution < -0.4 is 0 Å². The summed E-state index contributed by atoms with van der Waals surface area (Å²) < 4.78 is 0. The summed E-state index contributed by atoms with van der Waals surface area (Å²) in [7, 11) is 0. The largest absolute Gasteiger partial charge is 0.293 e. The molecule has 6 heteroatoms. The molecule has 16 heavy (non-hydrogen) atoms. The van der Waals surface area contributed by atoms with Gasteiger partial charge in [0.1, 0.15) is 11.6 Å².